The summed E-state index contributed by atoms with van der Waals surface area (Å²) >= 11 is 0. The highest BCUT2D eigenvalue weighted by atomic mass is 16.7. The molecule has 3 aliphatic carbocycles. The highest BCUT2D eigenvalue weighted by Crippen LogP contribution is 2.80. The molecule has 12 nitrogen and oxygen atoms in total. The van der Waals surface area contributed by atoms with Crippen molar-refractivity contribution in [2.24, 2.45) is 33.5 Å². The van der Waals surface area contributed by atoms with Crippen molar-refractivity contribution in [1.29, 1.82) is 0 Å². The zero-order valence-corrected chi connectivity index (χ0v) is 27.1. The largest absolute Gasteiger partial charge is 0.472 e. The molecule has 15 atom stereocenters. The third-order valence-corrected chi connectivity index (χ3v) is 13.1. The van der Waals surface area contributed by atoms with Crippen molar-refractivity contribution in [3.05, 3.63) is 36.3 Å². The number of furan rings is 1. The van der Waals surface area contributed by atoms with E-state index >= 15 is 0 Å². The summed E-state index contributed by atoms with van der Waals surface area (Å²) in [6, 6.07) is 1.82. The van der Waals surface area contributed by atoms with Gasteiger partial charge >= 0.3 is 11.9 Å². The van der Waals surface area contributed by atoms with Crippen LogP contribution in [0.1, 0.15) is 72.5 Å². The first kappa shape index (κ1) is 32.2. The van der Waals surface area contributed by atoms with Crippen molar-refractivity contribution in [1.82, 2.24) is 0 Å². The van der Waals surface area contributed by atoms with E-state index < -0.39 is 101 Å². The number of rotatable bonds is 5. The maximum absolute atomic E-state index is 13.5. The average Bonchev–Trinajstić information content (AvgIpc) is 3.57. The summed E-state index contributed by atoms with van der Waals surface area (Å²) < 4.78 is 36.3. The summed E-state index contributed by atoms with van der Waals surface area (Å²) in [4.78, 5) is 26.3. The number of aliphatic hydroxyl groups is 4. The molecule has 1 spiro atoms. The predicted molar refractivity (Wildman–Crippen MR) is 157 cm³/mol. The van der Waals surface area contributed by atoms with Crippen LogP contribution in [-0.2, 0) is 33.3 Å². The molecular weight excluding hydrogens is 600 g/mol. The number of carbonyl (C=O) groups is 2. The van der Waals surface area contributed by atoms with Crippen LogP contribution in [-0.4, -0.2) is 93.6 Å². The molecule has 0 bridgehead atoms. The SMILES string of the molecule is CC(=O)O[C@@H]1C[C@H]2C(C)(C)[C@@H](O[C@@H]3O[C@H](CO)[C@@H](O)[C@H](O)[C@H]3O)C=C[C@]2(C)[C@H]2CC[C@@]3(C)[C@H](c4ccoc4)OC(=O)[C@H]4O[C@]43[C@@]21C. The predicted octanol–water partition coefficient (Wildman–Crippen LogP) is 2.18. The van der Waals surface area contributed by atoms with Gasteiger partial charge in [0.2, 0.25) is 0 Å². The topological polar surface area (TPSA) is 178 Å². The Morgan fingerprint density at radius 2 is 1.78 bits per heavy atom. The van der Waals surface area contributed by atoms with Crippen molar-refractivity contribution in [3.63, 3.8) is 0 Å². The van der Waals surface area contributed by atoms with E-state index in [1.165, 1.54) is 6.92 Å². The van der Waals surface area contributed by atoms with Crippen LogP contribution >= 0.6 is 0 Å². The van der Waals surface area contributed by atoms with E-state index in [9.17, 15) is 30.0 Å². The summed E-state index contributed by atoms with van der Waals surface area (Å²) in [6.45, 7) is 11.4. The molecule has 46 heavy (non-hydrogen) atoms. The Morgan fingerprint density at radius 3 is 2.43 bits per heavy atom. The Bertz CT molecular complexity index is 1410. The standard InChI is InChI=1S/C34H46O12/c1-16(36)42-22-13-20-30(2,3)21(44-29-25(39)24(38)23(37)18(14-35)43-29)8-10-31(20,4)19-7-11-32(5)26(17-9-12-41-15-17)45-28(40)27-34(32,46-27)33(19,22)6/h8-10,12,15,18-27,29,35,37-39H,7,11,13-14H2,1-6H3/t18-,19-,20+,21+,22-,23-,24+,25-,26+,27-,29+,31-,32+,33+,34-/m1/s1. The first-order valence-corrected chi connectivity index (χ1v) is 16.3. The van der Waals surface area contributed by atoms with E-state index in [2.05, 4.69) is 40.7 Å². The van der Waals surface area contributed by atoms with Crippen LogP contribution in [0.25, 0.3) is 0 Å². The minimum Gasteiger partial charge on any atom is -0.472 e. The van der Waals surface area contributed by atoms with Gasteiger partial charge in [0.1, 0.15) is 42.2 Å². The molecule has 2 saturated carbocycles. The molecule has 0 amide bonds. The number of carbonyl (C=O) groups excluding carboxylic acids is 2. The molecule has 1 aromatic heterocycles. The highest BCUT2D eigenvalue weighted by molar-refractivity contribution is 5.82. The lowest BCUT2D eigenvalue weighted by Gasteiger charge is -2.69. The molecule has 4 heterocycles. The Morgan fingerprint density at radius 1 is 1.04 bits per heavy atom. The quantitative estimate of drug-likeness (QED) is 0.209. The molecule has 254 valence electrons. The lowest BCUT2D eigenvalue weighted by molar-refractivity contribution is -0.321. The lowest BCUT2D eigenvalue weighted by atomic mass is 9.35. The second kappa shape index (κ2) is 10.3. The number of fused-ring (bicyclic) bond motifs is 3. The maximum atomic E-state index is 13.5. The van der Waals surface area contributed by atoms with Gasteiger partial charge < -0.3 is 48.5 Å². The summed E-state index contributed by atoms with van der Waals surface area (Å²) in [5.74, 6) is -1.01. The third-order valence-electron chi connectivity index (χ3n) is 13.1. The van der Waals surface area contributed by atoms with Crippen LogP contribution in [0, 0.1) is 33.5 Å². The van der Waals surface area contributed by atoms with Crippen molar-refractivity contribution < 1.29 is 58.1 Å². The van der Waals surface area contributed by atoms with Crippen LogP contribution in [0.2, 0.25) is 0 Å². The smallest absolute Gasteiger partial charge is 0.339 e. The van der Waals surface area contributed by atoms with Crippen LogP contribution in [0.15, 0.2) is 35.2 Å². The zero-order valence-electron chi connectivity index (χ0n) is 27.1. The van der Waals surface area contributed by atoms with Gasteiger partial charge in [0.15, 0.2) is 12.4 Å². The van der Waals surface area contributed by atoms with Gasteiger partial charge in [-0.2, -0.15) is 0 Å². The monoisotopic (exact) mass is 646 g/mol. The summed E-state index contributed by atoms with van der Waals surface area (Å²) in [5, 5.41) is 41.1. The lowest BCUT2D eigenvalue weighted by Crippen LogP contribution is -2.73. The van der Waals surface area contributed by atoms with Crippen molar-refractivity contribution in [3.8, 4) is 0 Å². The van der Waals surface area contributed by atoms with Crippen molar-refractivity contribution in [2.45, 2.75) is 122 Å². The maximum Gasteiger partial charge on any atom is 0.339 e. The number of cyclic esters (lactones) is 1. The number of allylic oxidation sites excluding steroid dienone is 1. The fourth-order valence-electron chi connectivity index (χ4n) is 10.9. The second-order valence-corrected chi connectivity index (χ2v) is 15.6. The number of esters is 2. The summed E-state index contributed by atoms with van der Waals surface area (Å²) in [5.41, 5.74) is -2.62. The molecule has 4 N–H and O–H groups in total. The van der Waals surface area contributed by atoms with Gasteiger partial charge in [-0.3, -0.25) is 4.79 Å². The molecule has 0 unspecified atom stereocenters. The fraction of sp³-hybridized carbons (Fsp3) is 0.765. The van der Waals surface area contributed by atoms with Gasteiger partial charge in [0.05, 0.1) is 25.2 Å². The first-order valence-electron chi connectivity index (χ1n) is 16.3. The van der Waals surface area contributed by atoms with Crippen LogP contribution in [0.3, 0.4) is 0 Å². The normalized spacial score (nSPS) is 52.0. The van der Waals surface area contributed by atoms with Gasteiger partial charge in [0.25, 0.3) is 0 Å². The minimum absolute atomic E-state index is 0.0687. The molecule has 3 aliphatic heterocycles. The number of epoxide rings is 1. The Balaban J connectivity index is 1.28. The highest BCUT2D eigenvalue weighted by Gasteiger charge is 2.88. The van der Waals surface area contributed by atoms with Gasteiger partial charge in [-0.1, -0.05) is 46.8 Å². The van der Waals surface area contributed by atoms with E-state index in [1.807, 2.05) is 12.1 Å². The van der Waals surface area contributed by atoms with Gasteiger partial charge in [0, 0.05) is 23.3 Å². The number of aliphatic hydroxyl groups excluding tert-OH is 4. The van der Waals surface area contributed by atoms with Gasteiger partial charge in [-0.15, -0.1) is 0 Å². The second-order valence-electron chi connectivity index (χ2n) is 15.6. The van der Waals surface area contributed by atoms with Gasteiger partial charge in [-0.25, -0.2) is 4.79 Å². The molecule has 12 heteroatoms. The average molecular weight is 647 g/mol. The summed E-state index contributed by atoms with van der Waals surface area (Å²) in [6.07, 6.45) is -0.363. The molecule has 5 fully saturated rings. The molecule has 6 aliphatic rings. The Kier molecular flexibility index (Phi) is 7.25. The molecule has 3 saturated heterocycles. The van der Waals surface area contributed by atoms with E-state index in [1.54, 1.807) is 12.5 Å². The fourth-order valence-corrected chi connectivity index (χ4v) is 10.9. The van der Waals surface area contributed by atoms with Gasteiger partial charge in [-0.05, 0) is 48.0 Å². The summed E-state index contributed by atoms with van der Waals surface area (Å²) in [7, 11) is 0. The Labute approximate surface area is 268 Å². The molecule has 7 rings (SSSR count). The zero-order chi connectivity index (χ0) is 33.2. The van der Waals surface area contributed by atoms with Crippen molar-refractivity contribution >= 4 is 11.9 Å². The van der Waals surface area contributed by atoms with E-state index in [-0.39, 0.29) is 11.8 Å². The van der Waals surface area contributed by atoms with Crippen LogP contribution in [0.5, 0.6) is 0 Å². The molecule has 1 aromatic rings. The number of ether oxygens (including phenoxy) is 5. The van der Waals surface area contributed by atoms with E-state index in [4.69, 9.17) is 28.1 Å². The first-order chi connectivity index (χ1) is 21.6. The number of hydrogen-bond acceptors (Lipinski definition) is 12. The van der Waals surface area contributed by atoms with E-state index in [0.717, 1.165) is 12.0 Å². The minimum atomic E-state index is -1.56. The number of hydrogen-bond donors (Lipinski definition) is 4. The van der Waals surface area contributed by atoms with Crippen molar-refractivity contribution in [2.75, 3.05) is 6.61 Å². The third kappa shape index (κ3) is 3.98. The van der Waals surface area contributed by atoms with E-state index in [0.29, 0.717) is 12.8 Å². The van der Waals surface area contributed by atoms with Crippen LogP contribution < -0.4 is 0 Å². The molecule has 0 aromatic carbocycles. The molecule has 0 radical (unpaired) electrons. The van der Waals surface area contributed by atoms with Crippen LogP contribution in [0.4, 0.5) is 0 Å². The molecular formula is C34H46O12. The Hall–Kier alpha value is -2.32.